The maximum absolute atomic E-state index is 11.3. The van der Waals surface area contributed by atoms with Crippen molar-refractivity contribution in [3.05, 3.63) is 71.3 Å². The summed E-state index contributed by atoms with van der Waals surface area (Å²) in [4.78, 5) is 2.46. The first-order valence-electron chi connectivity index (χ1n) is 8.56. The van der Waals surface area contributed by atoms with Crippen molar-refractivity contribution in [1.82, 2.24) is 4.90 Å². The van der Waals surface area contributed by atoms with Gasteiger partial charge in [0.1, 0.15) is 9.84 Å². The number of hydrogen-bond acceptors (Lipinski definition) is 3. The molecule has 1 heterocycles. The molecule has 1 atom stereocenters. The van der Waals surface area contributed by atoms with Gasteiger partial charge in [-0.05, 0) is 36.1 Å². The van der Waals surface area contributed by atoms with Gasteiger partial charge in [0.05, 0.1) is 0 Å². The van der Waals surface area contributed by atoms with E-state index in [1.165, 1.54) is 22.9 Å². The normalized spacial score (nSPS) is 18.3. The second kappa shape index (κ2) is 7.49. The molecule has 24 heavy (non-hydrogen) atoms. The topological polar surface area (TPSA) is 37.4 Å². The lowest BCUT2D eigenvalue weighted by molar-refractivity contribution is 0.237. The molecule has 0 aliphatic carbocycles. The fraction of sp³-hybridized carbons (Fsp3) is 0.400. The minimum atomic E-state index is -2.85. The van der Waals surface area contributed by atoms with Crippen LogP contribution in [-0.4, -0.2) is 38.4 Å². The van der Waals surface area contributed by atoms with Crippen LogP contribution in [0, 0.1) is 0 Å². The van der Waals surface area contributed by atoms with Crippen LogP contribution in [0.2, 0.25) is 0 Å². The molecule has 1 aliphatic heterocycles. The molecule has 0 fully saturated rings. The fourth-order valence-electron chi connectivity index (χ4n) is 3.52. The van der Waals surface area contributed by atoms with E-state index in [1.54, 1.807) is 0 Å². The number of fused-ring (bicyclic) bond motifs is 1. The van der Waals surface area contributed by atoms with E-state index in [9.17, 15) is 8.42 Å². The summed E-state index contributed by atoms with van der Waals surface area (Å²) in [5.41, 5.74) is 4.17. The van der Waals surface area contributed by atoms with Gasteiger partial charge in [-0.1, -0.05) is 54.6 Å². The minimum absolute atomic E-state index is 0.291. The van der Waals surface area contributed by atoms with Gasteiger partial charge in [-0.2, -0.15) is 0 Å². The number of benzene rings is 2. The van der Waals surface area contributed by atoms with Crippen molar-refractivity contribution in [2.45, 2.75) is 25.3 Å². The average Bonchev–Trinajstić information content (AvgIpc) is 2.58. The van der Waals surface area contributed by atoms with Gasteiger partial charge in [0.15, 0.2) is 0 Å². The summed E-state index contributed by atoms with van der Waals surface area (Å²) < 4.78 is 22.5. The van der Waals surface area contributed by atoms with Crippen molar-refractivity contribution in [1.29, 1.82) is 0 Å². The lowest BCUT2D eigenvalue weighted by Crippen LogP contribution is -2.34. The summed E-state index contributed by atoms with van der Waals surface area (Å²) in [6.07, 6.45) is 2.99. The zero-order chi connectivity index (χ0) is 17.0. The summed E-state index contributed by atoms with van der Waals surface area (Å²) in [7, 11) is -2.85. The van der Waals surface area contributed by atoms with Crippen LogP contribution in [0.3, 0.4) is 0 Å². The van der Waals surface area contributed by atoms with E-state index in [2.05, 4.69) is 59.5 Å². The Morgan fingerprint density at radius 3 is 2.46 bits per heavy atom. The zero-order valence-corrected chi connectivity index (χ0v) is 15.0. The maximum atomic E-state index is 11.3. The van der Waals surface area contributed by atoms with Gasteiger partial charge in [0.2, 0.25) is 0 Å². The molecule has 0 aromatic heterocycles. The van der Waals surface area contributed by atoms with E-state index in [4.69, 9.17) is 0 Å². The smallest absolute Gasteiger partial charge is 0.147 e. The summed E-state index contributed by atoms with van der Waals surface area (Å²) in [6, 6.07) is 19.4. The van der Waals surface area contributed by atoms with Gasteiger partial charge in [-0.3, -0.25) is 4.90 Å². The number of rotatable bonds is 6. The summed E-state index contributed by atoms with van der Waals surface area (Å²) in [6.45, 7) is 2.91. The van der Waals surface area contributed by atoms with Crippen molar-refractivity contribution >= 4 is 9.84 Å². The van der Waals surface area contributed by atoms with E-state index < -0.39 is 9.84 Å². The van der Waals surface area contributed by atoms with Crippen LogP contribution >= 0.6 is 0 Å². The number of nitrogens with zero attached hydrogens (tertiary/aromatic N) is 1. The fourth-order valence-corrected chi connectivity index (χ4v) is 4.25. The Bertz CT molecular complexity index is 771. The third kappa shape index (κ3) is 4.46. The summed E-state index contributed by atoms with van der Waals surface area (Å²) >= 11 is 0. The monoisotopic (exact) mass is 343 g/mol. The summed E-state index contributed by atoms with van der Waals surface area (Å²) in [5, 5.41) is 0. The first kappa shape index (κ1) is 17.2. The average molecular weight is 343 g/mol. The molecule has 0 amide bonds. The molecule has 3 rings (SSSR count). The standard InChI is InChI=1S/C20H25NO2S/c1-24(22,23)14-8-7-13-21-15-18-11-5-6-12-19(18)20(16-21)17-9-3-2-4-10-17/h2-6,9-12,20H,7-8,13-16H2,1H3/t20-/m0/s1. The molecule has 2 aromatic rings. The molecule has 2 aromatic carbocycles. The highest BCUT2D eigenvalue weighted by Crippen LogP contribution is 2.33. The Hall–Kier alpha value is -1.65. The van der Waals surface area contributed by atoms with Gasteiger partial charge in [0, 0.05) is 31.0 Å². The van der Waals surface area contributed by atoms with E-state index in [0.717, 1.165) is 32.5 Å². The summed E-state index contributed by atoms with van der Waals surface area (Å²) in [5.74, 6) is 0.686. The second-order valence-electron chi connectivity index (χ2n) is 6.73. The predicted octanol–water partition coefficient (Wildman–Crippen LogP) is 3.46. The molecule has 4 heteroatoms. The Balaban J connectivity index is 1.71. The first-order chi connectivity index (χ1) is 11.5. The molecule has 0 radical (unpaired) electrons. The first-order valence-corrected chi connectivity index (χ1v) is 10.6. The molecule has 0 saturated heterocycles. The molecular formula is C20H25NO2S. The van der Waals surface area contributed by atoms with Crippen molar-refractivity contribution in [3.63, 3.8) is 0 Å². The van der Waals surface area contributed by atoms with Crippen LogP contribution in [0.5, 0.6) is 0 Å². The molecule has 128 valence electrons. The van der Waals surface area contributed by atoms with Gasteiger partial charge < -0.3 is 0 Å². The molecule has 0 bridgehead atoms. The van der Waals surface area contributed by atoms with Crippen LogP contribution in [-0.2, 0) is 16.4 Å². The van der Waals surface area contributed by atoms with Crippen molar-refractivity contribution in [2.24, 2.45) is 0 Å². The zero-order valence-electron chi connectivity index (χ0n) is 14.2. The Kier molecular flexibility index (Phi) is 5.36. The predicted molar refractivity (Wildman–Crippen MR) is 98.9 cm³/mol. The van der Waals surface area contributed by atoms with E-state index in [1.807, 2.05) is 0 Å². The van der Waals surface area contributed by atoms with Crippen molar-refractivity contribution < 1.29 is 8.42 Å². The highest BCUT2D eigenvalue weighted by Gasteiger charge is 2.25. The third-order valence-electron chi connectivity index (χ3n) is 4.71. The highest BCUT2D eigenvalue weighted by molar-refractivity contribution is 7.90. The molecule has 0 N–H and O–H groups in total. The minimum Gasteiger partial charge on any atom is -0.298 e. The van der Waals surface area contributed by atoms with E-state index in [0.29, 0.717) is 11.7 Å². The SMILES string of the molecule is CS(=O)(=O)CCCCN1Cc2ccccc2[C@H](c2ccccc2)C1. The van der Waals surface area contributed by atoms with Gasteiger partial charge in [0.25, 0.3) is 0 Å². The maximum Gasteiger partial charge on any atom is 0.147 e. The molecule has 0 saturated carbocycles. The van der Waals surface area contributed by atoms with Crippen LogP contribution in [0.25, 0.3) is 0 Å². The molecule has 3 nitrogen and oxygen atoms in total. The number of hydrogen-bond donors (Lipinski definition) is 0. The van der Waals surface area contributed by atoms with Crippen molar-refractivity contribution in [2.75, 3.05) is 25.1 Å². The Labute approximate surface area is 145 Å². The second-order valence-corrected chi connectivity index (χ2v) is 8.99. The number of sulfone groups is 1. The van der Waals surface area contributed by atoms with Crippen LogP contribution in [0.4, 0.5) is 0 Å². The Morgan fingerprint density at radius 2 is 1.71 bits per heavy atom. The number of unbranched alkanes of at least 4 members (excludes halogenated alkanes) is 1. The van der Waals surface area contributed by atoms with Crippen molar-refractivity contribution in [3.8, 4) is 0 Å². The Morgan fingerprint density at radius 1 is 1.00 bits per heavy atom. The molecule has 0 unspecified atom stereocenters. The van der Waals surface area contributed by atoms with Crippen LogP contribution < -0.4 is 0 Å². The van der Waals surface area contributed by atoms with Crippen LogP contribution in [0.1, 0.15) is 35.4 Å². The van der Waals surface area contributed by atoms with Crippen LogP contribution in [0.15, 0.2) is 54.6 Å². The molecular weight excluding hydrogens is 318 g/mol. The van der Waals surface area contributed by atoms with Gasteiger partial charge >= 0.3 is 0 Å². The van der Waals surface area contributed by atoms with Gasteiger partial charge in [-0.25, -0.2) is 8.42 Å². The molecule has 1 aliphatic rings. The lowest BCUT2D eigenvalue weighted by atomic mass is 9.84. The lowest BCUT2D eigenvalue weighted by Gasteiger charge is -2.35. The molecule has 0 spiro atoms. The van der Waals surface area contributed by atoms with Gasteiger partial charge in [-0.15, -0.1) is 0 Å². The largest absolute Gasteiger partial charge is 0.298 e. The third-order valence-corrected chi connectivity index (χ3v) is 5.74. The van der Waals surface area contributed by atoms with E-state index >= 15 is 0 Å². The quantitative estimate of drug-likeness (QED) is 0.754. The highest BCUT2D eigenvalue weighted by atomic mass is 32.2. The van der Waals surface area contributed by atoms with E-state index in [-0.39, 0.29) is 0 Å².